The van der Waals surface area contributed by atoms with Gasteiger partial charge in [-0.25, -0.2) is 9.67 Å². The molecule has 0 radical (unpaired) electrons. The first-order valence-corrected chi connectivity index (χ1v) is 11.0. The van der Waals surface area contributed by atoms with Crippen molar-refractivity contribution in [1.29, 1.82) is 0 Å². The topological polar surface area (TPSA) is 95.3 Å². The monoisotopic (exact) mass is 458 g/mol. The van der Waals surface area contributed by atoms with Crippen molar-refractivity contribution in [3.8, 4) is 17.4 Å². The molecule has 0 atom stereocenters. The molecule has 2 heterocycles. The Morgan fingerprint density at radius 1 is 1.06 bits per heavy atom. The van der Waals surface area contributed by atoms with Crippen LogP contribution in [-0.4, -0.2) is 27.8 Å². The lowest BCUT2D eigenvalue weighted by molar-refractivity contribution is 0.102. The van der Waals surface area contributed by atoms with Crippen molar-refractivity contribution in [3.63, 3.8) is 0 Å². The van der Waals surface area contributed by atoms with E-state index in [9.17, 15) is 9.59 Å². The molecule has 2 aromatic heterocycles. The molecule has 1 N–H and O–H groups in total. The van der Waals surface area contributed by atoms with Crippen LogP contribution in [0.15, 0.2) is 65.6 Å². The van der Waals surface area contributed by atoms with Gasteiger partial charge in [-0.3, -0.25) is 9.59 Å². The summed E-state index contributed by atoms with van der Waals surface area (Å²) in [5, 5.41) is 8.14. The van der Waals surface area contributed by atoms with Crippen molar-refractivity contribution in [2.24, 2.45) is 5.92 Å². The van der Waals surface area contributed by atoms with Crippen LogP contribution in [0.3, 0.4) is 0 Å². The molecule has 2 aromatic carbocycles. The molecule has 0 bridgehead atoms. The van der Waals surface area contributed by atoms with Crippen molar-refractivity contribution in [1.82, 2.24) is 14.8 Å². The summed E-state index contributed by atoms with van der Waals surface area (Å²) in [6.45, 7) is 6.37. The SMILES string of the molecule is COc1cc(C)ccc1Oc1ccc(NC(=O)c2nn(CC(C)C)c(=O)c3ccccc23)cn1. The summed E-state index contributed by atoms with van der Waals surface area (Å²) in [6, 6.07) is 15.9. The highest BCUT2D eigenvalue weighted by atomic mass is 16.5. The lowest BCUT2D eigenvalue weighted by Crippen LogP contribution is -2.29. The average Bonchev–Trinajstić information content (AvgIpc) is 2.83. The van der Waals surface area contributed by atoms with Crippen molar-refractivity contribution < 1.29 is 14.3 Å². The second-order valence-corrected chi connectivity index (χ2v) is 8.37. The molecule has 0 aliphatic carbocycles. The average molecular weight is 459 g/mol. The number of amides is 1. The Labute approximate surface area is 197 Å². The van der Waals surface area contributed by atoms with Gasteiger partial charge in [0.2, 0.25) is 5.88 Å². The third-order valence-corrected chi connectivity index (χ3v) is 5.15. The molecule has 8 nitrogen and oxygen atoms in total. The number of nitrogens with zero attached hydrogens (tertiary/aromatic N) is 3. The lowest BCUT2D eigenvalue weighted by atomic mass is 10.1. The summed E-state index contributed by atoms with van der Waals surface area (Å²) in [6.07, 6.45) is 1.50. The molecule has 1 amide bonds. The Morgan fingerprint density at radius 2 is 1.82 bits per heavy atom. The van der Waals surface area contributed by atoms with Gasteiger partial charge in [0.25, 0.3) is 11.5 Å². The van der Waals surface area contributed by atoms with E-state index in [0.29, 0.717) is 40.4 Å². The van der Waals surface area contributed by atoms with Crippen molar-refractivity contribution in [2.75, 3.05) is 12.4 Å². The van der Waals surface area contributed by atoms with Gasteiger partial charge in [-0.2, -0.15) is 5.10 Å². The molecule has 34 heavy (non-hydrogen) atoms. The third kappa shape index (κ3) is 4.91. The first kappa shape index (κ1) is 23.0. The van der Waals surface area contributed by atoms with Gasteiger partial charge in [-0.1, -0.05) is 38.1 Å². The molecular weight excluding hydrogens is 432 g/mol. The summed E-state index contributed by atoms with van der Waals surface area (Å²) >= 11 is 0. The largest absolute Gasteiger partial charge is 0.493 e. The number of carbonyl (C=O) groups excluding carboxylic acids is 1. The summed E-state index contributed by atoms with van der Waals surface area (Å²) in [4.78, 5) is 30.2. The van der Waals surface area contributed by atoms with E-state index in [2.05, 4.69) is 15.4 Å². The van der Waals surface area contributed by atoms with E-state index in [0.717, 1.165) is 5.56 Å². The van der Waals surface area contributed by atoms with E-state index >= 15 is 0 Å². The summed E-state index contributed by atoms with van der Waals surface area (Å²) in [5.41, 5.74) is 1.49. The van der Waals surface area contributed by atoms with E-state index in [1.807, 2.05) is 39.0 Å². The fourth-order valence-electron chi connectivity index (χ4n) is 3.55. The molecule has 0 unspecified atom stereocenters. The minimum absolute atomic E-state index is 0.181. The third-order valence-electron chi connectivity index (χ3n) is 5.15. The zero-order chi connectivity index (χ0) is 24.2. The van der Waals surface area contributed by atoms with Crippen molar-refractivity contribution >= 4 is 22.4 Å². The van der Waals surface area contributed by atoms with Crippen LogP contribution in [0.5, 0.6) is 17.4 Å². The Morgan fingerprint density at radius 3 is 2.50 bits per heavy atom. The van der Waals surface area contributed by atoms with Crippen molar-refractivity contribution in [2.45, 2.75) is 27.3 Å². The number of carbonyl (C=O) groups is 1. The number of nitrogens with one attached hydrogen (secondary N) is 1. The maximum Gasteiger partial charge on any atom is 0.276 e. The van der Waals surface area contributed by atoms with Gasteiger partial charge in [0, 0.05) is 18.0 Å². The number of aryl methyl sites for hydroxylation is 1. The molecular formula is C26H26N4O4. The molecule has 8 heteroatoms. The van der Waals surface area contributed by atoms with E-state index in [1.165, 1.54) is 10.9 Å². The highest BCUT2D eigenvalue weighted by Crippen LogP contribution is 2.31. The van der Waals surface area contributed by atoms with Crippen LogP contribution < -0.4 is 20.3 Å². The molecule has 4 aromatic rings. The Hall–Kier alpha value is -4.20. The zero-order valence-electron chi connectivity index (χ0n) is 19.5. The van der Waals surface area contributed by atoms with E-state index in [-0.39, 0.29) is 17.2 Å². The Bertz CT molecular complexity index is 1390. The predicted molar refractivity (Wildman–Crippen MR) is 131 cm³/mol. The van der Waals surface area contributed by atoms with Gasteiger partial charge >= 0.3 is 0 Å². The number of hydrogen-bond donors (Lipinski definition) is 1. The Balaban J connectivity index is 1.58. The minimum Gasteiger partial charge on any atom is -0.493 e. The van der Waals surface area contributed by atoms with Crippen molar-refractivity contribution in [3.05, 3.63) is 82.4 Å². The molecule has 0 aliphatic rings. The molecule has 4 rings (SSSR count). The lowest BCUT2D eigenvalue weighted by Gasteiger charge is -2.13. The number of ether oxygens (including phenoxy) is 2. The number of fused-ring (bicyclic) bond motifs is 1. The van der Waals surface area contributed by atoms with Crippen LogP contribution in [0, 0.1) is 12.8 Å². The maximum absolute atomic E-state index is 13.1. The predicted octanol–water partition coefficient (Wildman–Crippen LogP) is 4.81. The number of benzene rings is 2. The van der Waals surface area contributed by atoms with E-state index < -0.39 is 5.91 Å². The normalized spacial score (nSPS) is 11.0. The smallest absolute Gasteiger partial charge is 0.276 e. The van der Waals surface area contributed by atoms with Gasteiger partial charge in [-0.05, 0) is 42.7 Å². The van der Waals surface area contributed by atoms with Gasteiger partial charge in [0.1, 0.15) is 0 Å². The quantitative estimate of drug-likeness (QED) is 0.427. The second kappa shape index (κ2) is 9.74. The summed E-state index contributed by atoms with van der Waals surface area (Å²) in [5.74, 6) is 1.28. The molecule has 0 saturated heterocycles. The molecule has 0 saturated carbocycles. The molecule has 174 valence electrons. The second-order valence-electron chi connectivity index (χ2n) is 8.37. The number of methoxy groups -OCH3 is 1. The zero-order valence-corrected chi connectivity index (χ0v) is 19.5. The molecule has 0 aliphatic heterocycles. The first-order chi connectivity index (χ1) is 16.4. The van der Waals surface area contributed by atoms with Gasteiger partial charge in [0.15, 0.2) is 17.2 Å². The molecule has 0 spiro atoms. The fourth-order valence-corrected chi connectivity index (χ4v) is 3.55. The summed E-state index contributed by atoms with van der Waals surface area (Å²) in [7, 11) is 1.58. The maximum atomic E-state index is 13.1. The van der Waals surface area contributed by atoms with Gasteiger partial charge in [-0.15, -0.1) is 0 Å². The highest BCUT2D eigenvalue weighted by molar-refractivity contribution is 6.11. The summed E-state index contributed by atoms with van der Waals surface area (Å²) < 4.78 is 12.5. The minimum atomic E-state index is -0.427. The van der Waals surface area contributed by atoms with Crippen LogP contribution in [0.2, 0.25) is 0 Å². The number of rotatable bonds is 7. The van der Waals surface area contributed by atoms with Crippen LogP contribution in [-0.2, 0) is 6.54 Å². The number of hydrogen-bond acceptors (Lipinski definition) is 6. The van der Waals surface area contributed by atoms with Gasteiger partial charge in [0.05, 0.1) is 24.4 Å². The van der Waals surface area contributed by atoms with Crippen LogP contribution in [0.25, 0.3) is 10.8 Å². The van der Waals surface area contributed by atoms with E-state index in [1.54, 1.807) is 43.5 Å². The van der Waals surface area contributed by atoms with E-state index in [4.69, 9.17) is 9.47 Å². The number of anilines is 1. The fraction of sp³-hybridized carbons (Fsp3) is 0.231. The van der Waals surface area contributed by atoms with Crippen LogP contribution in [0.1, 0.15) is 29.9 Å². The highest BCUT2D eigenvalue weighted by Gasteiger charge is 2.17. The Kier molecular flexibility index (Phi) is 6.58. The van der Waals surface area contributed by atoms with Crippen LogP contribution >= 0.6 is 0 Å². The first-order valence-electron chi connectivity index (χ1n) is 11.0. The van der Waals surface area contributed by atoms with Gasteiger partial charge < -0.3 is 14.8 Å². The van der Waals surface area contributed by atoms with Crippen LogP contribution in [0.4, 0.5) is 5.69 Å². The standard InChI is InChI=1S/C26H26N4O4/c1-16(2)15-30-26(32)20-8-6-5-7-19(20)24(29-30)25(31)28-18-10-12-23(27-14-18)34-21-11-9-17(3)13-22(21)33-4/h5-14,16H,15H2,1-4H3,(H,28,31). The number of pyridine rings is 1. The molecule has 0 fully saturated rings. The number of aromatic nitrogens is 3.